The average Bonchev–Trinajstić information content (AvgIpc) is 2.76. The van der Waals surface area contributed by atoms with Gasteiger partial charge in [-0.15, -0.1) is 11.3 Å². The number of ether oxygens (including phenoxy) is 1. The summed E-state index contributed by atoms with van der Waals surface area (Å²) >= 11 is 1.21. The Hall–Kier alpha value is -1.19. The molecule has 4 nitrogen and oxygen atoms in total. The largest absolute Gasteiger partial charge is 0.411 e. The Labute approximate surface area is 119 Å². The number of alkyl halides is 3. The summed E-state index contributed by atoms with van der Waals surface area (Å²) in [6.07, 6.45) is -4.37. The lowest BCUT2D eigenvalue weighted by atomic mass is 10.3. The van der Waals surface area contributed by atoms with E-state index < -0.39 is 23.6 Å². The maximum atomic E-state index is 11.9. The number of rotatable bonds is 5. The Morgan fingerprint density at radius 1 is 1.40 bits per heavy atom. The number of nitrogen functional groups attached to an aromatic ring is 1. The molecule has 2 N–H and O–H groups in total. The SMILES string of the molecule is Nc1ccc2nc(S(=O)CCOCC(F)(F)F)sc2c1. The molecule has 0 aliphatic heterocycles. The number of nitrogens with zero attached hydrogens (tertiary/aromatic N) is 1. The fourth-order valence-electron chi connectivity index (χ4n) is 1.43. The molecular formula is C11H11F3N2O2S2. The summed E-state index contributed by atoms with van der Waals surface area (Å²) in [6, 6.07) is 5.11. The molecule has 1 heterocycles. The van der Waals surface area contributed by atoms with Crippen LogP contribution in [0.15, 0.2) is 22.5 Å². The number of thiazole rings is 1. The van der Waals surface area contributed by atoms with Crippen molar-refractivity contribution >= 4 is 38.0 Å². The van der Waals surface area contributed by atoms with Crippen LogP contribution in [0.4, 0.5) is 18.9 Å². The van der Waals surface area contributed by atoms with E-state index in [0.717, 1.165) is 4.70 Å². The number of aromatic nitrogens is 1. The standard InChI is InChI=1S/C11H11F3N2O2S2/c12-11(13,14)6-18-3-4-20(17)10-16-8-2-1-7(15)5-9(8)19-10/h1-2,5H,3-4,6,15H2. The van der Waals surface area contributed by atoms with Crippen molar-refractivity contribution in [3.63, 3.8) is 0 Å². The molecule has 2 aromatic rings. The average molecular weight is 324 g/mol. The van der Waals surface area contributed by atoms with Gasteiger partial charge in [-0.3, -0.25) is 4.21 Å². The zero-order valence-electron chi connectivity index (χ0n) is 10.1. The summed E-state index contributed by atoms with van der Waals surface area (Å²) in [4.78, 5) is 4.17. The molecule has 110 valence electrons. The van der Waals surface area contributed by atoms with Crippen molar-refractivity contribution < 1.29 is 22.1 Å². The molecule has 0 spiro atoms. The summed E-state index contributed by atoms with van der Waals surface area (Å²) in [7, 11) is -1.48. The normalized spacial score (nSPS) is 13.8. The van der Waals surface area contributed by atoms with Crippen molar-refractivity contribution in [1.82, 2.24) is 4.98 Å². The van der Waals surface area contributed by atoms with E-state index in [1.54, 1.807) is 18.2 Å². The van der Waals surface area contributed by atoms with Gasteiger partial charge < -0.3 is 10.5 Å². The molecule has 1 aromatic heterocycles. The minimum Gasteiger partial charge on any atom is -0.399 e. The Balaban J connectivity index is 1.94. The van der Waals surface area contributed by atoms with Crippen LogP contribution in [0.3, 0.4) is 0 Å². The number of fused-ring (bicyclic) bond motifs is 1. The minimum absolute atomic E-state index is 0.0224. The van der Waals surface area contributed by atoms with E-state index >= 15 is 0 Å². The molecule has 20 heavy (non-hydrogen) atoms. The van der Waals surface area contributed by atoms with Gasteiger partial charge in [0.1, 0.15) is 6.61 Å². The fourth-order valence-corrected chi connectivity index (χ4v) is 3.71. The summed E-state index contributed by atoms with van der Waals surface area (Å²) < 4.78 is 53.0. The molecule has 0 saturated carbocycles. The Morgan fingerprint density at radius 3 is 2.85 bits per heavy atom. The van der Waals surface area contributed by atoms with E-state index in [-0.39, 0.29) is 12.4 Å². The van der Waals surface area contributed by atoms with Gasteiger partial charge in [0.05, 0.1) is 33.4 Å². The molecule has 0 radical (unpaired) electrons. The van der Waals surface area contributed by atoms with E-state index in [0.29, 0.717) is 15.5 Å². The van der Waals surface area contributed by atoms with Crippen molar-refractivity contribution in [2.75, 3.05) is 24.7 Å². The molecule has 1 aromatic carbocycles. The second-order valence-corrected chi connectivity index (χ2v) is 6.70. The first kappa shape index (κ1) is 15.2. The van der Waals surface area contributed by atoms with Crippen LogP contribution in [-0.4, -0.2) is 34.3 Å². The van der Waals surface area contributed by atoms with Gasteiger partial charge in [0.25, 0.3) is 0 Å². The third-order valence-corrected chi connectivity index (χ3v) is 4.91. The van der Waals surface area contributed by atoms with Crippen LogP contribution >= 0.6 is 11.3 Å². The van der Waals surface area contributed by atoms with Gasteiger partial charge in [-0.1, -0.05) is 0 Å². The summed E-state index contributed by atoms with van der Waals surface area (Å²) in [5, 5.41) is 0. The topological polar surface area (TPSA) is 65.2 Å². The molecule has 1 unspecified atom stereocenters. The quantitative estimate of drug-likeness (QED) is 0.678. The maximum Gasteiger partial charge on any atom is 0.411 e. The molecule has 2 rings (SSSR count). The van der Waals surface area contributed by atoms with Gasteiger partial charge in [-0.2, -0.15) is 13.2 Å². The van der Waals surface area contributed by atoms with Crippen LogP contribution in [0.5, 0.6) is 0 Å². The van der Waals surface area contributed by atoms with Crippen molar-refractivity contribution in [3.05, 3.63) is 18.2 Å². The van der Waals surface area contributed by atoms with Crippen LogP contribution in [0.2, 0.25) is 0 Å². The molecule has 0 bridgehead atoms. The van der Waals surface area contributed by atoms with Gasteiger partial charge in [0.15, 0.2) is 4.34 Å². The highest BCUT2D eigenvalue weighted by atomic mass is 32.2. The Morgan fingerprint density at radius 2 is 2.15 bits per heavy atom. The minimum atomic E-state index is -4.37. The second-order valence-electron chi connectivity index (χ2n) is 3.92. The lowest BCUT2D eigenvalue weighted by Crippen LogP contribution is -2.19. The first-order valence-corrected chi connectivity index (χ1v) is 7.67. The van der Waals surface area contributed by atoms with Crippen LogP contribution in [0.25, 0.3) is 10.2 Å². The van der Waals surface area contributed by atoms with E-state index in [9.17, 15) is 17.4 Å². The van der Waals surface area contributed by atoms with Gasteiger partial charge >= 0.3 is 6.18 Å². The van der Waals surface area contributed by atoms with E-state index in [2.05, 4.69) is 9.72 Å². The maximum absolute atomic E-state index is 11.9. The van der Waals surface area contributed by atoms with E-state index in [1.165, 1.54) is 11.3 Å². The number of benzene rings is 1. The van der Waals surface area contributed by atoms with Crippen LogP contribution in [-0.2, 0) is 15.5 Å². The number of anilines is 1. The molecule has 0 saturated heterocycles. The van der Waals surface area contributed by atoms with E-state index in [1.807, 2.05) is 0 Å². The van der Waals surface area contributed by atoms with Gasteiger partial charge in [0.2, 0.25) is 0 Å². The number of hydrogen-bond acceptors (Lipinski definition) is 5. The third-order valence-electron chi connectivity index (χ3n) is 2.27. The van der Waals surface area contributed by atoms with Gasteiger partial charge in [-0.05, 0) is 18.2 Å². The number of halogens is 3. The summed E-state index contributed by atoms with van der Waals surface area (Å²) in [5.74, 6) is -0.0224. The van der Waals surface area contributed by atoms with Crippen molar-refractivity contribution in [1.29, 1.82) is 0 Å². The van der Waals surface area contributed by atoms with E-state index in [4.69, 9.17) is 5.73 Å². The van der Waals surface area contributed by atoms with Gasteiger partial charge in [-0.25, -0.2) is 4.98 Å². The van der Waals surface area contributed by atoms with Crippen molar-refractivity contribution in [3.8, 4) is 0 Å². The zero-order chi connectivity index (χ0) is 14.8. The highest BCUT2D eigenvalue weighted by molar-refractivity contribution is 7.87. The molecular weight excluding hydrogens is 313 g/mol. The zero-order valence-corrected chi connectivity index (χ0v) is 11.8. The number of nitrogens with two attached hydrogens (primary N) is 1. The molecule has 0 amide bonds. The predicted molar refractivity (Wildman–Crippen MR) is 72.2 cm³/mol. The molecule has 1 atom stereocenters. The molecule has 0 aliphatic rings. The first-order valence-electron chi connectivity index (χ1n) is 5.54. The Bertz CT molecular complexity index is 628. The second kappa shape index (κ2) is 6.06. The highest BCUT2D eigenvalue weighted by Gasteiger charge is 2.27. The lowest BCUT2D eigenvalue weighted by Gasteiger charge is -2.06. The smallest absolute Gasteiger partial charge is 0.399 e. The van der Waals surface area contributed by atoms with Crippen molar-refractivity contribution in [2.24, 2.45) is 0 Å². The predicted octanol–water partition coefficient (Wildman–Crippen LogP) is 2.57. The Kier molecular flexibility index (Phi) is 4.61. The number of hydrogen-bond donors (Lipinski definition) is 1. The lowest BCUT2D eigenvalue weighted by molar-refractivity contribution is -0.172. The highest BCUT2D eigenvalue weighted by Crippen LogP contribution is 2.26. The molecule has 0 aliphatic carbocycles. The van der Waals surface area contributed by atoms with Crippen LogP contribution in [0, 0.1) is 0 Å². The molecule has 9 heteroatoms. The van der Waals surface area contributed by atoms with Crippen LogP contribution < -0.4 is 5.73 Å². The molecule has 0 fully saturated rings. The summed E-state index contributed by atoms with van der Waals surface area (Å²) in [5.41, 5.74) is 6.87. The monoisotopic (exact) mass is 324 g/mol. The fraction of sp³-hybridized carbons (Fsp3) is 0.364. The van der Waals surface area contributed by atoms with Gasteiger partial charge in [0, 0.05) is 5.69 Å². The first-order chi connectivity index (χ1) is 9.35. The van der Waals surface area contributed by atoms with Crippen molar-refractivity contribution in [2.45, 2.75) is 10.5 Å². The summed E-state index contributed by atoms with van der Waals surface area (Å²) in [6.45, 7) is -1.56. The third kappa shape index (κ3) is 4.15. The van der Waals surface area contributed by atoms with Crippen LogP contribution in [0.1, 0.15) is 0 Å².